The fourth-order valence-corrected chi connectivity index (χ4v) is 8.42. The second-order valence-electron chi connectivity index (χ2n) is 13.0. The van der Waals surface area contributed by atoms with E-state index in [-0.39, 0.29) is 0 Å². The predicted octanol–water partition coefficient (Wildman–Crippen LogP) is 8.42. The zero-order valence-electron chi connectivity index (χ0n) is 28.9. The van der Waals surface area contributed by atoms with Crippen molar-refractivity contribution < 1.29 is 28.4 Å². The predicted molar refractivity (Wildman–Crippen MR) is 194 cm³/mol. The van der Waals surface area contributed by atoms with Crippen LogP contribution in [0.5, 0.6) is 23.0 Å². The van der Waals surface area contributed by atoms with Gasteiger partial charge in [0.05, 0.1) is 40.2 Å². The quantitative estimate of drug-likeness (QED) is 0.189. The number of hydrogen-bond donors (Lipinski definition) is 0. The third kappa shape index (κ3) is 4.70. The summed E-state index contributed by atoms with van der Waals surface area (Å²) in [6, 6.07) is 20.8. The molecule has 2 aliphatic carbocycles. The molecule has 0 amide bonds. The summed E-state index contributed by atoms with van der Waals surface area (Å²) in [5.74, 6) is 3.21. The Balaban J connectivity index is 1.45. The lowest BCUT2D eigenvalue weighted by atomic mass is 9.78. The Morgan fingerprint density at radius 2 is 1.47 bits per heavy atom. The van der Waals surface area contributed by atoms with Crippen molar-refractivity contribution in [3.8, 4) is 23.0 Å². The Hall–Kier alpha value is -4.72. The number of morpholine rings is 1. The van der Waals surface area contributed by atoms with Gasteiger partial charge in [-0.15, -0.1) is 0 Å². The third-order valence-electron chi connectivity index (χ3n) is 10.9. The maximum Gasteiger partial charge on any atom is 0.178 e. The van der Waals surface area contributed by atoms with Crippen LogP contribution >= 0.6 is 0 Å². The average molecular weight is 658 g/mol. The van der Waals surface area contributed by atoms with Crippen molar-refractivity contribution in [3.63, 3.8) is 0 Å². The second kappa shape index (κ2) is 12.3. The molecule has 252 valence electrons. The minimum atomic E-state index is -0.934. The highest BCUT2D eigenvalue weighted by Gasteiger charge is 2.49. The highest BCUT2D eigenvalue weighted by Crippen LogP contribution is 2.60. The van der Waals surface area contributed by atoms with Crippen molar-refractivity contribution in [2.75, 3.05) is 59.6 Å². The lowest BCUT2D eigenvalue weighted by Gasteiger charge is -2.39. The molecule has 0 radical (unpaired) electrons. The summed E-state index contributed by atoms with van der Waals surface area (Å²) in [7, 11) is 6.98. The zero-order chi connectivity index (χ0) is 33.8. The summed E-state index contributed by atoms with van der Waals surface area (Å²) in [6.45, 7) is 5.21. The summed E-state index contributed by atoms with van der Waals surface area (Å²) in [5, 5.41) is 2.17. The molecule has 0 aromatic heterocycles. The normalized spacial score (nSPS) is 20.5. The van der Waals surface area contributed by atoms with E-state index in [1.165, 1.54) is 22.3 Å². The van der Waals surface area contributed by atoms with E-state index in [4.69, 9.17) is 28.4 Å². The number of rotatable bonds is 8. The van der Waals surface area contributed by atoms with Crippen molar-refractivity contribution in [3.05, 3.63) is 112 Å². The largest absolute Gasteiger partial charge is 0.497 e. The van der Waals surface area contributed by atoms with Crippen LogP contribution in [0.1, 0.15) is 54.0 Å². The van der Waals surface area contributed by atoms with Gasteiger partial charge in [-0.3, -0.25) is 0 Å². The van der Waals surface area contributed by atoms with Gasteiger partial charge in [-0.2, -0.15) is 0 Å². The van der Waals surface area contributed by atoms with E-state index in [2.05, 4.69) is 72.5 Å². The highest BCUT2D eigenvalue weighted by atomic mass is 16.5. The van der Waals surface area contributed by atoms with Crippen molar-refractivity contribution >= 4 is 28.1 Å². The molecule has 2 aliphatic heterocycles. The molecule has 1 atom stereocenters. The van der Waals surface area contributed by atoms with Crippen LogP contribution in [0.4, 0.5) is 5.69 Å². The summed E-state index contributed by atoms with van der Waals surface area (Å²) in [5.41, 5.74) is 7.63. The summed E-state index contributed by atoms with van der Waals surface area (Å²) in [6.07, 6.45) is 11.8. The lowest BCUT2D eigenvalue weighted by Crippen LogP contribution is -2.36. The van der Waals surface area contributed by atoms with Gasteiger partial charge in [0, 0.05) is 47.8 Å². The van der Waals surface area contributed by atoms with Crippen LogP contribution in [-0.4, -0.2) is 54.7 Å². The van der Waals surface area contributed by atoms with Gasteiger partial charge in [-0.25, -0.2) is 0 Å². The van der Waals surface area contributed by atoms with E-state index in [1.54, 1.807) is 21.3 Å². The van der Waals surface area contributed by atoms with Gasteiger partial charge in [0.15, 0.2) is 5.60 Å². The SMILES string of the molecule is CCC1(OC)C2=C(CCC=C2)c2c1c1c(c3cc(OC)c(N4CCOCC4)cc23)OC(c2ccc(OC)cc2)(c2ccc(OC)cc2)C=C1. The Morgan fingerprint density at radius 3 is 2.06 bits per heavy atom. The van der Waals surface area contributed by atoms with Crippen molar-refractivity contribution in [1.29, 1.82) is 0 Å². The molecule has 0 saturated carbocycles. The van der Waals surface area contributed by atoms with Gasteiger partial charge in [-0.1, -0.05) is 49.4 Å². The molecule has 1 saturated heterocycles. The van der Waals surface area contributed by atoms with Gasteiger partial charge in [0.2, 0.25) is 0 Å². The van der Waals surface area contributed by atoms with Gasteiger partial charge in [0.1, 0.15) is 28.6 Å². The first kappa shape index (κ1) is 31.5. The molecule has 4 aromatic carbocycles. The number of benzene rings is 4. The molecule has 0 bridgehead atoms. The van der Waals surface area contributed by atoms with E-state index < -0.39 is 11.2 Å². The number of ether oxygens (including phenoxy) is 6. The molecular formula is C42H43NO6. The molecule has 7 nitrogen and oxygen atoms in total. The first-order valence-electron chi connectivity index (χ1n) is 17.2. The summed E-state index contributed by atoms with van der Waals surface area (Å²) in [4.78, 5) is 2.38. The summed E-state index contributed by atoms with van der Waals surface area (Å²) < 4.78 is 37.2. The molecule has 0 spiro atoms. The molecular weight excluding hydrogens is 614 g/mol. The maximum absolute atomic E-state index is 7.55. The number of fused-ring (bicyclic) bond motifs is 7. The van der Waals surface area contributed by atoms with Crippen LogP contribution in [0.15, 0.2) is 84.5 Å². The van der Waals surface area contributed by atoms with Gasteiger partial charge in [0.25, 0.3) is 0 Å². The minimum absolute atomic E-state index is 0.604. The molecule has 2 heterocycles. The van der Waals surface area contributed by atoms with E-state index in [9.17, 15) is 0 Å². The second-order valence-corrected chi connectivity index (χ2v) is 13.0. The van der Waals surface area contributed by atoms with Gasteiger partial charge < -0.3 is 33.3 Å². The topological polar surface area (TPSA) is 58.6 Å². The Kier molecular flexibility index (Phi) is 7.92. The lowest BCUT2D eigenvalue weighted by molar-refractivity contribution is 0.0202. The molecule has 1 fully saturated rings. The molecule has 4 aliphatic rings. The number of hydrogen-bond acceptors (Lipinski definition) is 7. The number of anilines is 1. The first-order chi connectivity index (χ1) is 24.0. The van der Waals surface area contributed by atoms with Crippen molar-refractivity contribution in [1.82, 2.24) is 0 Å². The maximum atomic E-state index is 7.55. The Labute approximate surface area is 288 Å². The summed E-state index contributed by atoms with van der Waals surface area (Å²) >= 11 is 0. The standard InChI is InChI=1S/C42H43NO6/c1-6-41(47-5)35-10-8-7-9-31(35)38-33-25-36(43-21-23-48-24-22-43)37(46-4)26-34(33)40-32(39(38)41)19-20-42(49-40,27-11-15-29(44-2)16-12-27)28-13-17-30(45-3)18-14-28/h8,10-20,25-26H,6-7,9,21-24H2,1-5H3. The molecule has 8 rings (SSSR count). The van der Waals surface area contributed by atoms with Gasteiger partial charge in [-0.05, 0) is 83.8 Å². The van der Waals surface area contributed by atoms with E-state index in [0.717, 1.165) is 88.5 Å². The van der Waals surface area contributed by atoms with Crippen LogP contribution in [0, 0.1) is 0 Å². The zero-order valence-corrected chi connectivity index (χ0v) is 28.9. The average Bonchev–Trinajstić information content (AvgIpc) is 3.48. The highest BCUT2D eigenvalue weighted by molar-refractivity contribution is 6.08. The van der Waals surface area contributed by atoms with Crippen LogP contribution in [-0.2, 0) is 20.7 Å². The van der Waals surface area contributed by atoms with Crippen LogP contribution in [0.3, 0.4) is 0 Å². The van der Waals surface area contributed by atoms with Gasteiger partial charge >= 0.3 is 0 Å². The van der Waals surface area contributed by atoms with E-state index >= 15 is 0 Å². The number of methoxy groups -OCH3 is 4. The fraction of sp³-hybridized carbons (Fsp3) is 0.333. The van der Waals surface area contributed by atoms with Crippen LogP contribution in [0.2, 0.25) is 0 Å². The van der Waals surface area contributed by atoms with E-state index in [0.29, 0.717) is 13.2 Å². The molecule has 49 heavy (non-hydrogen) atoms. The van der Waals surface area contributed by atoms with E-state index in [1.807, 2.05) is 31.4 Å². The molecule has 0 N–H and O–H groups in total. The molecule has 1 unspecified atom stereocenters. The molecule has 4 aromatic rings. The first-order valence-corrected chi connectivity index (χ1v) is 17.2. The number of nitrogens with zero attached hydrogens (tertiary/aromatic N) is 1. The fourth-order valence-electron chi connectivity index (χ4n) is 8.42. The monoisotopic (exact) mass is 657 g/mol. The van der Waals surface area contributed by atoms with Crippen molar-refractivity contribution in [2.24, 2.45) is 0 Å². The molecule has 7 heteroatoms. The Morgan fingerprint density at radius 1 is 0.796 bits per heavy atom. The number of allylic oxidation sites excluding steroid dienone is 2. The van der Waals surface area contributed by atoms with Crippen molar-refractivity contribution in [2.45, 2.75) is 37.4 Å². The van der Waals surface area contributed by atoms with Crippen LogP contribution < -0.4 is 23.8 Å². The Bertz CT molecular complexity index is 1950. The third-order valence-corrected chi connectivity index (χ3v) is 10.9. The van der Waals surface area contributed by atoms with Crippen LogP contribution in [0.25, 0.3) is 22.4 Å². The smallest absolute Gasteiger partial charge is 0.178 e. The minimum Gasteiger partial charge on any atom is -0.497 e.